The Labute approximate surface area is 106 Å². The molecule has 1 N–H and O–H groups in total. The minimum absolute atomic E-state index is 0.353. The van der Waals surface area contributed by atoms with E-state index in [1.165, 1.54) is 14.2 Å². The molecule has 0 bridgehead atoms. The number of carbonyl (C=O) groups is 2. The summed E-state index contributed by atoms with van der Waals surface area (Å²) in [5, 5.41) is 7.73. The molecule has 1 fully saturated rings. The van der Waals surface area contributed by atoms with Crippen molar-refractivity contribution < 1.29 is 27.9 Å². The second-order valence-corrected chi connectivity index (χ2v) is 6.55. The Morgan fingerprint density at radius 3 is 2.50 bits per heavy atom. The summed E-state index contributed by atoms with van der Waals surface area (Å²) in [5.74, 6) is -2.48. The standard InChI is InChI=1S/C10H17NO6S/c1-11(6-9(12)13)18(15,16)8-5-3-4-7(8)10(14)17-2/h7-8H,3-6H2,1-2H3,(H,12,13). The van der Waals surface area contributed by atoms with Gasteiger partial charge in [-0.1, -0.05) is 6.42 Å². The maximum absolute atomic E-state index is 12.2. The first-order chi connectivity index (χ1) is 8.30. The molecular formula is C10H17NO6S. The van der Waals surface area contributed by atoms with Crippen LogP contribution in [-0.2, 0) is 24.3 Å². The summed E-state index contributed by atoms with van der Waals surface area (Å²) in [7, 11) is -1.37. The largest absolute Gasteiger partial charge is 0.480 e. The van der Waals surface area contributed by atoms with Crippen LogP contribution in [0.4, 0.5) is 0 Å². The van der Waals surface area contributed by atoms with Gasteiger partial charge >= 0.3 is 11.9 Å². The Hall–Kier alpha value is -1.15. The molecule has 0 aromatic carbocycles. The zero-order valence-electron chi connectivity index (χ0n) is 10.3. The highest BCUT2D eigenvalue weighted by Crippen LogP contribution is 2.33. The van der Waals surface area contributed by atoms with Crippen molar-refractivity contribution >= 4 is 22.0 Å². The molecule has 1 aliphatic carbocycles. The van der Waals surface area contributed by atoms with E-state index in [0.717, 1.165) is 4.31 Å². The predicted molar refractivity (Wildman–Crippen MR) is 62.3 cm³/mol. The van der Waals surface area contributed by atoms with Gasteiger partial charge in [-0.2, -0.15) is 4.31 Å². The zero-order valence-corrected chi connectivity index (χ0v) is 11.1. The van der Waals surface area contributed by atoms with E-state index in [1.54, 1.807) is 0 Å². The van der Waals surface area contributed by atoms with Crippen LogP contribution in [-0.4, -0.2) is 55.7 Å². The quantitative estimate of drug-likeness (QED) is 0.692. The normalized spacial score (nSPS) is 24.2. The fourth-order valence-corrected chi connectivity index (χ4v) is 4.09. The Bertz CT molecular complexity index is 432. The van der Waals surface area contributed by atoms with E-state index in [0.29, 0.717) is 19.3 Å². The highest BCUT2D eigenvalue weighted by Gasteiger charge is 2.44. The molecule has 2 atom stereocenters. The third kappa shape index (κ3) is 2.99. The van der Waals surface area contributed by atoms with E-state index < -0.39 is 39.7 Å². The van der Waals surface area contributed by atoms with E-state index in [-0.39, 0.29) is 0 Å². The smallest absolute Gasteiger partial charge is 0.318 e. The minimum Gasteiger partial charge on any atom is -0.480 e. The van der Waals surface area contributed by atoms with Gasteiger partial charge in [0, 0.05) is 7.05 Å². The number of sulfonamides is 1. The van der Waals surface area contributed by atoms with Crippen LogP contribution in [0.25, 0.3) is 0 Å². The zero-order chi connectivity index (χ0) is 13.9. The topological polar surface area (TPSA) is 101 Å². The van der Waals surface area contributed by atoms with Crippen molar-refractivity contribution in [1.82, 2.24) is 4.31 Å². The van der Waals surface area contributed by atoms with Gasteiger partial charge in [-0.15, -0.1) is 0 Å². The first kappa shape index (κ1) is 14.9. The molecule has 7 nitrogen and oxygen atoms in total. The van der Waals surface area contributed by atoms with Gasteiger partial charge in [0.25, 0.3) is 0 Å². The maximum Gasteiger partial charge on any atom is 0.318 e. The molecule has 104 valence electrons. The Morgan fingerprint density at radius 1 is 1.39 bits per heavy atom. The molecule has 0 radical (unpaired) electrons. The van der Waals surface area contributed by atoms with Crippen LogP contribution in [0.1, 0.15) is 19.3 Å². The summed E-state index contributed by atoms with van der Waals surface area (Å²) in [6.45, 7) is -0.604. The number of esters is 1. The lowest BCUT2D eigenvalue weighted by Crippen LogP contribution is -2.42. The van der Waals surface area contributed by atoms with Gasteiger partial charge in [0.05, 0.1) is 18.3 Å². The van der Waals surface area contributed by atoms with Crippen molar-refractivity contribution in [2.75, 3.05) is 20.7 Å². The number of hydrogen-bond donors (Lipinski definition) is 1. The van der Waals surface area contributed by atoms with E-state index in [9.17, 15) is 18.0 Å². The Kier molecular flexibility index (Phi) is 4.69. The molecule has 0 heterocycles. The number of carboxylic acids is 1. The third-order valence-electron chi connectivity index (χ3n) is 3.13. The molecule has 18 heavy (non-hydrogen) atoms. The van der Waals surface area contributed by atoms with Crippen molar-refractivity contribution in [2.24, 2.45) is 5.92 Å². The molecule has 0 aromatic heterocycles. The molecule has 1 aliphatic rings. The van der Waals surface area contributed by atoms with Crippen LogP contribution in [0.2, 0.25) is 0 Å². The average Bonchev–Trinajstić information content (AvgIpc) is 2.76. The van der Waals surface area contributed by atoms with Crippen molar-refractivity contribution in [2.45, 2.75) is 24.5 Å². The average molecular weight is 279 g/mol. The fraction of sp³-hybridized carbons (Fsp3) is 0.800. The van der Waals surface area contributed by atoms with Crippen molar-refractivity contribution in [3.8, 4) is 0 Å². The predicted octanol–water partition coefficient (Wildman–Crippen LogP) is -0.326. The van der Waals surface area contributed by atoms with Crippen LogP contribution in [0.5, 0.6) is 0 Å². The molecule has 8 heteroatoms. The van der Waals surface area contributed by atoms with Gasteiger partial charge in [-0.05, 0) is 12.8 Å². The molecule has 0 amide bonds. The first-order valence-corrected chi connectivity index (χ1v) is 7.05. The summed E-state index contributed by atoms with van der Waals surface area (Å²) >= 11 is 0. The molecule has 1 saturated carbocycles. The maximum atomic E-state index is 12.2. The van der Waals surface area contributed by atoms with Crippen LogP contribution in [0, 0.1) is 5.92 Å². The van der Waals surface area contributed by atoms with Gasteiger partial charge in [0.15, 0.2) is 0 Å². The number of methoxy groups -OCH3 is 1. The third-order valence-corrected chi connectivity index (χ3v) is 5.46. The molecule has 0 spiro atoms. The monoisotopic (exact) mass is 279 g/mol. The second-order valence-electron chi connectivity index (χ2n) is 4.29. The fourth-order valence-electron chi connectivity index (χ4n) is 2.22. The number of rotatable bonds is 5. The van der Waals surface area contributed by atoms with E-state index in [4.69, 9.17) is 5.11 Å². The van der Waals surface area contributed by atoms with Crippen LogP contribution in [0.15, 0.2) is 0 Å². The SMILES string of the molecule is COC(=O)C1CCCC1S(=O)(=O)N(C)CC(=O)O. The van der Waals surface area contributed by atoms with E-state index in [2.05, 4.69) is 4.74 Å². The number of nitrogens with zero attached hydrogens (tertiary/aromatic N) is 1. The van der Waals surface area contributed by atoms with E-state index >= 15 is 0 Å². The highest BCUT2D eigenvalue weighted by atomic mass is 32.2. The van der Waals surface area contributed by atoms with Crippen LogP contribution in [0.3, 0.4) is 0 Å². The van der Waals surface area contributed by atoms with Gasteiger partial charge in [0.1, 0.15) is 6.54 Å². The number of aliphatic carboxylic acids is 1. The van der Waals surface area contributed by atoms with E-state index in [1.807, 2.05) is 0 Å². The van der Waals surface area contributed by atoms with Gasteiger partial charge in [0.2, 0.25) is 10.0 Å². The summed E-state index contributed by atoms with van der Waals surface area (Å²) in [6.07, 6.45) is 1.42. The summed E-state index contributed by atoms with van der Waals surface area (Å²) in [5.41, 5.74) is 0. The van der Waals surface area contributed by atoms with Crippen molar-refractivity contribution in [3.63, 3.8) is 0 Å². The van der Waals surface area contributed by atoms with Crippen molar-refractivity contribution in [3.05, 3.63) is 0 Å². The lowest BCUT2D eigenvalue weighted by Gasteiger charge is -2.23. The second kappa shape index (κ2) is 5.66. The van der Waals surface area contributed by atoms with Gasteiger partial charge in [-0.3, -0.25) is 9.59 Å². The molecule has 1 rings (SSSR count). The molecule has 2 unspecified atom stereocenters. The van der Waals surface area contributed by atoms with Crippen LogP contribution < -0.4 is 0 Å². The number of hydrogen-bond acceptors (Lipinski definition) is 5. The number of likely N-dealkylation sites (N-methyl/N-ethyl adjacent to an activating group) is 1. The lowest BCUT2D eigenvalue weighted by molar-refractivity contribution is -0.145. The first-order valence-electron chi connectivity index (χ1n) is 5.55. The Morgan fingerprint density at radius 2 is 2.00 bits per heavy atom. The van der Waals surface area contributed by atoms with Crippen molar-refractivity contribution in [1.29, 1.82) is 0 Å². The molecular weight excluding hydrogens is 262 g/mol. The highest BCUT2D eigenvalue weighted by molar-refractivity contribution is 7.89. The molecule has 0 aliphatic heterocycles. The number of ether oxygens (including phenoxy) is 1. The number of carboxylic acid groups (broad SMARTS) is 1. The Balaban J connectivity index is 2.90. The lowest BCUT2D eigenvalue weighted by atomic mass is 10.1. The van der Waals surface area contributed by atoms with Gasteiger partial charge in [-0.25, -0.2) is 8.42 Å². The summed E-state index contributed by atoms with van der Waals surface area (Å²) in [4.78, 5) is 22.0. The summed E-state index contributed by atoms with van der Waals surface area (Å²) in [6, 6.07) is 0. The summed E-state index contributed by atoms with van der Waals surface area (Å²) < 4.78 is 29.7. The molecule has 0 aromatic rings. The molecule has 0 saturated heterocycles. The number of carbonyl (C=O) groups excluding carboxylic acids is 1. The minimum atomic E-state index is -3.79. The van der Waals surface area contributed by atoms with Crippen LogP contribution >= 0.6 is 0 Å². The van der Waals surface area contributed by atoms with Gasteiger partial charge < -0.3 is 9.84 Å².